The number of nitrogens with zero attached hydrogens (tertiary/aromatic N) is 4. The zero-order valence-electron chi connectivity index (χ0n) is 10.5. The maximum atomic E-state index is 5.98. The van der Waals surface area contributed by atoms with E-state index in [9.17, 15) is 0 Å². The second kappa shape index (κ2) is 4.39. The van der Waals surface area contributed by atoms with Gasteiger partial charge in [-0.1, -0.05) is 6.92 Å². The molecule has 1 saturated heterocycles. The van der Waals surface area contributed by atoms with Crippen LogP contribution in [0.3, 0.4) is 0 Å². The van der Waals surface area contributed by atoms with Crippen molar-refractivity contribution in [3.63, 3.8) is 0 Å². The van der Waals surface area contributed by atoms with Crippen LogP contribution in [0.25, 0.3) is 11.0 Å². The van der Waals surface area contributed by atoms with Gasteiger partial charge in [-0.25, -0.2) is 0 Å². The molecule has 1 aliphatic rings. The van der Waals surface area contributed by atoms with E-state index in [1.54, 1.807) is 6.20 Å². The quantitative estimate of drug-likeness (QED) is 0.806. The Morgan fingerprint density at radius 2 is 2.22 bits per heavy atom. The van der Waals surface area contributed by atoms with Gasteiger partial charge in [0.1, 0.15) is 5.82 Å². The van der Waals surface area contributed by atoms with E-state index >= 15 is 0 Å². The molecule has 6 heteroatoms. The second-order valence-electron chi connectivity index (χ2n) is 5.12. The van der Waals surface area contributed by atoms with Crippen molar-refractivity contribution >= 4 is 28.5 Å². The summed E-state index contributed by atoms with van der Waals surface area (Å²) in [5, 5.41) is 8.09. The van der Waals surface area contributed by atoms with Gasteiger partial charge in [0.25, 0.3) is 0 Å². The van der Waals surface area contributed by atoms with Crippen molar-refractivity contribution in [2.75, 3.05) is 11.4 Å². The molecule has 2 unspecified atom stereocenters. The SMILES string of the molecule is CC1CCN(c2nc(Cl)nc3[nH]ncc23)C(C)C1. The summed E-state index contributed by atoms with van der Waals surface area (Å²) in [7, 11) is 0. The molecule has 1 fully saturated rings. The molecule has 3 rings (SSSR count). The van der Waals surface area contributed by atoms with E-state index in [2.05, 4.69) is 38.9 Å². The van der Waals surface area contributed by atoms with Crippen LogP contribution in [0.1, 0.15) is 26.7 Å². The number of H-pyrrole nitrogens is 1. The molecule has 2 aromatic heterocycles. The topological polar surface area (TPSA) is 57.7 Å². The van der Waals surface area contributed by atoms with Crippen LogP contribution in [-0.4, -0.2) is 32.8 Å². The number of aromatic amines is 1. The predicted octanol–water partition coefficient (Wildman–Crippen LogP) is 2.63. The smallest absolute Gasteiger partial charge is 0.226 e. The minimum Gasteiger partial charge on any atom is -0.353 e. The van der Waals surface area contributed by atoms with E-state index in [0.29, 0.717) is 11.7 Å². The lowest BCUT2D eigenvalue weighted by Gasteiger charge is -2.37. The molecule has 3 heterocycles. The van der Waals surface area contributed by atoms with Gasteiger partial charge in [0.05, 0.1) is 11.6 Å². The van der Waals surface area contributed by atoms with Crippen LogP contribution in [-0.2, 0) is 0 Å². The molecule has 5 nitrogen and oxygen atoms in total. The third kappa shape index (κ3) is 1.92. The van der Waals surface area contributed by atoms with E-state index in [1.165, 1.54) is 12.8 Å². The zero-order valence-corrected chi connectivity index (χ0v) is 11.3. The fourth-order valence-corrected chi connectivity index (χ4v) is 2.90. The maximum absolute atomic E-state index is 5.98. The Balaban J connectivity index is 2.05. The first kappa shape index (κ1) is 11.7. The Hall–Kier alpha value is -1.36. The third-order valence-electron chi connectivity index (χ3n) is 3.67. The molecule has 1 aliphatic heterocycles. The first-order valence-corrected chi connectivity index (χ1v) is 6.66. The van der Waals surface area contributed by atoms with Crippen LogP contribution in [0.2, 0.25) is 5.28 Å². The maximum Gasteiger partial charge on any atom is 0.226 e. The van der Waals surface area contributed by atoms with Gasteiger partial charge < -0.3 is 4.90 Å². The minimum absolute atomic E-state index is 0.271. The highest BCUT2D eigenvalue weighted by atomic mass is 35.5. The van der Waals surface area contributed by atoms with Crippen LogP contribution in [0, 0.1) is 5.92 Å². The average molecular weight is 266 g/mol. The van der Waals surface area contributed by atoms with Gasteiger partial charge in [-0.15, -0.1) is 0 Å². The van der Waals surface area contributed by atoms with Gasteiger partial charge in [-0.2, -0.15) is 15.1 Å². The number of anilines is 1. The predicted molar refractivity (Wildman–Crippen MR) is 71.9 cm³/mol. The summed E-state index contributed by atoms with van der Waals surface area (Å²) < 4.78 is 0. The Kier molecular flexibility index (Phi) is 2.86. The van der Waals surface area contributed by atoms with E-state index in [0.717, 1.165) is 23.7 Å². The molecule has 0 saturated carbocycles. The number of aromatic nitrogens is 4. The number of piperidine rings is 1. The number of nitrogens with one attached hydrogen (secondary N) is 1. The lowest BCUT2D eigenvalue weighted by molar-refractivity contribution is 0.376. The van der Waals surface area contributed by atoms with Crippen LogP contribution in [0.5, 0.6) is 0 Å². The lowest BCUT2D eigenvalue weighted by Crippen LogP contribution is -2.40. The van der Waals surface area contributed by atoms with Gasteiger partial charge in [-0.3, -0.25) is 5.10 Å². The van der Waals surface area contributed by atoms with Crippen molar-refractivity contribution in [3.8, 4) is 0 Å². The first-order chi connectivity index (χ1) is 8.65. The monoisotopic (exact) mass is 265 g/mol. The summed E-state index contributed by atoms with van der Waals surface area (Å²) in [6, 6.07) is 0.470. The van der Waals surface area contributed by atoms with Crippen molar-refractivity contribution in [1.29, 1.82) is 0 Å². The van der Waals surface area contributed by atoms with Gasteiger partial charge in [0.2, 0.25) is 5.28 Å². The van der Waals surface area contributed by atoms with E-state index in [-0.39, 0.29) is 5.28 Å². The number of hydrogen-bond donors (Lipinski definition) is 1. The lowest BCUT2D eigenvalue weighted by atomic mass is 9.93. The highest BCUT2D eigenvalue weighted by molar-refractivity contribution is 6.28. The molecule has 0 radical (unpaired) electrons. The van der Waals surface area contributed by atoms with E-state index in [4.69, 9.17) is 11.6 Å². The fourth-order valence-electron chi connectivity index (χ4n) is 2.73. The Morgan fingerprint density at radius 1 is 1.39 bits per heavy atom. The second-order valence-corrected chi connectivity index (χ2v) is 5.46. The van der Waals surface area contributed by atoms with Crippen LogP contribution >= 0.6 is 11.6 Å². The standard InChI is InChI=1S/C12H16ClN5/c1-7-3-4-18(8(2)5-7)11-9-6-14-17-10(9)15-12(13)16-11/h6-8H,3-5H2,1-2H3,(H,14,15,16,17). The molecule has 18 heavy (non-hydrogen) atoms. The molecular formula is C12H16ClN5. The Bertz CT molecular complexity index is 567. The van der Waals surface area contributed by atoms with Gasteiger partial charge >= 0.3 is 0 Å². The number of halogens is 1. The fraction of sp³-hybridized carbons (Fsp3) is 0.583. The van der Waals surface area contributed by atoms with Crippen molar-refractivity contribution in [2.45, 2.75) is 32.7 Å². The summed E-state index contributed by atoms with van der Waals surface area (Å²) in [5.74, 6) is 1.67. The summed E-state index contributed by atoms with van der Waals surface area (Å²) in [5.41, 5.74) is 0.704. The number of rotatable bonds is 1. The zero-order chi connectivity index (χ0) is 12.7. The van der Waals surface area contributed by atoms with Crippen molar-refractivity contribution in [3.05, 3.63) is 11.5 Å². The number of fused-ring (bicyclic) bond motifs is 1. The van der Waals surface area contributed by atoms with Crippen LogP contribution in [0.4, 0.5) is 5.82 Å². The highest BCUT2D eigenvalue weighted by Gasteiger charge is 2.26. The summed E-state index contributed by atoms with van der Waals surface area (Å²) >= 11 is 5.98. The largest absolute Gasteiger partial charge is 0.353 e. The van der Waals surface area contributed by atoms with Crippen molar-refractivity contribution < 1.29 is 0 Å². The summed E-state index contributed by atoms with van der Waals surface area (Å²) in [6.07, 6.45) is 4.14. The van der Waals surface area contributed by atoms with Gasteiger partial charge in [0.15, 0.2) is 5.65 Å². The summed E-state index contributed by atoms with van der Waals surface area (Å²) in [6.45, 7) is 5.54. The van der Waals surface area contributed by atoms with Gasteiger partial charge in [-0.05, 0) is 37.3 Å². The Labute approximate surface area is 111 Å². The van der Waals surface area contributed by atoms with E-state index in [1.807, 2.05) is 0 Å². The molecule has 2 aromatic rings. The van der Waals surface area contributed by atoms with Crippen molar-refractivity contribution in [2.24, 2.45) is 5.92 Å². The number of hydrogen-bond acceptors (Lipinski definition) is 4. The minimum atomic E-state index is 0.271. The van der Waals surface area contributed by atoms with Crippen LogP contribution < -0.4 is 4.90 Å². The molecule has 1 N–H and O–H groups in total. The molecule has 0 bridgehead atoms. The molecule has 96 valence electrons. The first-order valence-electron chi connectivity index (χ1n) is 6.28. The molecule has 0 amide bonds. The molecule has 0 aromatic carbocycles. The molecule has 0 spiro atoms. The van der Waals surface area contributed by atoms with E-state index < -0.39 is 0 Å². The normalized spacial score (nSPS) is 24.7. The van der Waals surface area contributed by atoms with Gasteiger partial charge in [0, 0.05) is 12.6 Å². The third-order valence-corrected chi connectivity index (χ3v) is 3.84. The summed E-state index contributed by atoms with van der Waals surface area (Å²) in [4.78, 5) is 10.8. The average Bonchev–Trinajstić information content (AvgIpc) is 2.76. The molecule has 2 atom stereocenters. The van der Waals surface area contributed by atoms with Crippen molar-refractivity contribution in [1.82, 2.24) is 20.2 Å². The van der Waals surface area contributed by atoms with Crippen LogP contribution in [0.15, 0.2) is 6.20 Å². The molecular weight excluding hydrogens is 250 g/mol. The molecule has 0 aliphatic carbocycles. The highest BCUT2D eigenvalue weighted by Crippen LogP contribution is 2.31. The Morgan fingerprint density at radius 3 is 3.00 bits per heavy atom.